The number of anilines is 1. The quantitative estimate of drug-likeness (QED) is 0.435. The van der Waals surface area contributed by atoms with E-state index in [4.69, 9.17) is 15.5 Å². The number of thioether (sulfide) groups is 1. The normalized spacial score (nSPS) is 14.9. The number of carbonyl (C=O) groups excluding carboxylic acids is 2. The lowest BCUT2D eigenvalue weighted by molar-refractivity contribution is -0.141. The maximum atomic E-state index is 12.3. The van der Waals surface area contributed by atoms with Crippen molar-refractivity contribution in [1.29, 1.82) is 10.5 Å². The van der Waals surface area contributed by atoms with Crippen LogP contribution in [-0.2, 0) is 20.7 Å². The third-order valence-corrected chi connectivity index (χ3v) is 7.14. The Morgan fingerprint density at radius 3 is 2.46 bits per heavy atom. The summed E-state index contributed by atoms with van der Waals surface area (Å²) in [5.41, 5.74) is 7.71. The van der Waals surface area contributed by atoms with Crippen LogP contribution in [-0.4, -0.2) is 61.6 Å². The van der Waals surface area contributed by atoms with Crippen LogP contribution in [0.2, 0.25) is 0 Å². The Kier molecular flexibility index (Phi) is 9.07. The number of esters is 1. The van der Waals surface area contributed by atoms with E-state index in [1.54, 1.807) is 0 Å². The van der Waals surface area contributed by atoms with E-state index < -0.39 is 11.2 Å². The number of carbonyl (C=O) groups is 2. The highest BCUT2D eigenvalue weighted by Gasteiger charge is 2.28. The van der Waals surface area contributed by atoms with Gasteiger partial charge in [0, 0.05) is 26.2 Å². The molecule has 1 unspecified atom stereocenters. The van der Waals surface area contributed by atoms with Gasteiger partial charge in [0.25, 0.3) is 0 Å². The number of ether oxygens (including phenoxy) is 1. The zero-order valence-corrected chi connectivity index (χ0v) is 20.7. The predicted molar refractivity (Wildman–Crippen MR) is 133 cm³/mol. The van der Waals surface area contributed by atoms with Gasteiger partial charge in [-0.3, -0.25) is 14.5 Å². The Morgan fingerprint density at radius 1 is 1.14 bits per heavy atom. The fourth-order valence-electron chi connectivity index (χ4n) is 4.12. The molecule has 182 valence electrons. The summed E-state index contributed by atoms with van der Waals surface area (Å²) in [7, 11) is 1.37. The summed E-state index contributed by atoms with van der Waals surface area (Å²) < 4.78 is 4.79. The molecule has 1 amide bonds. The number of benzene rings is 1. The number of rotatable bonds is 8. The maximum absolute atomic E-state index is 12.3. The lowest BCUT2D eigenvalue weighted by atomic mass is 10.0. The minimum atomic E-state index is -0.735. The molecule has 2 heterocycles. The maximum Gasteiger partial charge on any atom is 0.319 e. The van der Waals surface area contributed by atoms with Crippen molar-refractivity contribution in [3.05, 3.63) is 52.6 Å². The van der Waals surface area contributed by atoms with Crippen molar-refractivity contribution in [3.63, 3.8) is 0 Å². The van der Waals surface area contributed by atoms with Crippen LogP contribution in [0.25, 0.3) is 0 Å². The first-order valence-corrected chi connectivity index (χ1v) is 12.2. The minimum absolute atomic E-state index is 0.203. The monoisotopic (exact) mass is 492 g/mol. The smallest absolute Gasteiger partial charge is 0.319 e. The number of pyridine rings is 1. The van der Waals surface area contributed by atoms with Crippen LogP contribution < -0.4 is 10.6 Å². The number of aromatic nitrogens is 1. The van der Waals surface area contributed by atoms with Crippen molar-refractivity contribution >= 4 is 29.5 Å². The van der Waals surface area contributed by atoms with Gasteiger partial charge in [0.05, 0.1) is 24.8 Å². The SMILES string of the molecule is CCc1c(C#N)c(SC(C(N)=O)c2ccccc2)nc(N2CCCN(CC(=O)OC)CC2)c1C#N. The number of primary amides is 1. The van der Waals surface area contributed by atoms with E-state index in [-0.39, 0.29) is 12.5 Å². The second kappa shape index (κ2) is 12.2. The van der Waals surface area contributed by atoms with Crippen molar-refractivity contribution in [1.82, 2.24) is 9.88 Å². The van der Waals surface area contributed by atoms with Crippen molar-refractivity contribution < 1.29 is 14.3 Å². The minimum Gasteiger partial charge on any atom is -0.468 e. The van der Waals surface area contributed by atoms with Crippen LogP contribution in [0, 0.1) is 22.7 Å². The fourth-order valence-corrected chi connectivity index (χ4v) is 5.17. The van der Waals surface area contributed by atoms with E-state index in [9.17, 15) is 20.1 Å². The molecule has 0 saturated carbocycles. The molecule has 1 atom stereocenters. The van der Waals surface area contributed by atoms with Gasteiger partial charge in [-0.05, 0) is 24.0 Å². The molecule has 10 heteroatoms. The molecule has 3 rings (SSSR count). The highest BCUT2D eigenvalue weighted by molar-refractivity contribution is 8.00. The molecule has 1 fully saturated rings. The van der Waals surface area contributed by atoms with Crippen LogP contribution >= 0.6 is 11.8 Å². The molecule has 1 saturated heterocycles. The molecule has 2 aromatic rings. The van der Waals surface area contributed by atoms with Gasteiger partial charge in [0.15, 0.2) is 0 Å². The Labute approximate surface area is 209 Å². The van der Waals surface area contributed by atoms with Gasteiger partial charge in [-0.15, -0.1) is 0 Å². The van der Waals surface area contributed by atoms with Gasteiger partial charge < -0.3 is 15.4 Å². The molecule has 0 aliphatic carbocycles. The van der Waals surface area contributed by atoms with Crippen molar-refractivity contribution in [2.45, 2.75) is 30.0 Å². The van der Waals surface area contributed by atoms with Gasteiger partial charge >= 0.3 is 5.97 Å². The van der Waals surface area contributed by atoms with Crippen molar-refractivity contribution in [2.24, 2.45) is 5.73 Å². The van der Waals surface area contributed by atoms with E-state index >= 15 is 0 Å². The Bertz CT molecular complexity index is 1160. The standard InChI is InChI=1S/C25H28N6O3S/c1-3-18-19(14-26)24(31-11-7-10-30(12-13-31)16-21(32)34-2)29-25(20(18)15-27)35-22(23(28)33)17-8-5-4-6-9-17/h4-6,8-9,22H,3,7,10-13,16H2,1-2H3,(H2,28,33). The first kappa shape index (κ1) is 26.0. The summed E-state index contributed by atoms with van der Waals surface area (Å²) in [5, 5.41) is 19.6. The van der Waals surface area contributed by atoms with Gasteiger partial charge in [0.1, 0.15) is 28.2 Å². The van der Waals surface area contributed by atoms with Crippen molar-refractivity contribution in [3.8, 4) is 12.1 Å². The number of hydrogen-bond acceptors (Lipinski definition) is 9. The Hall–Kier alpha value is -3.60. The van der Waals surface area contributed by atoms with E-state index in [1.165, 1.54) is 7.11 Å². The number of hydrogen-bond donors (Lipinski definition) is 1. The second-order valence-electron chi connectivity index (χ2n) is 8.05. The van der Waals surface area contributed by atoms with E-state index in [0.717, 1.165) is 18.2 Å². The van der Waals surface area contributed by atoms with E-state index in [0.29, 0.717) is 65.7 Å². The first-order valence-electron chi connectivity index (χ1n) is 11.4. The summed E-state index contributed by atoms with van der Waals surface area (Å²) in [6, 6.07) is 13.6. The summed E-state index contributed by atoms with van der Waals surface area (Å²) in [6.07, 6.45) is 1.23. The predicted octanol–water partition coefficient (Wildman–Crippen LogP) is 2.39. The molecule has 1 aromatic carbocycles. The largest absolute Gasteiger partial charge is 0.468 e. The van der Waals surface area contributed by atoms with Crippen LogP contribution in [0.5, 0.6) is 0 Å². The number of nitrogens with zero attached hydrogens (tertiary/aromatic N) is 5. The van der Waals surface area contributed by atoms with Crippen LogP contribution in [0.15, 0.2) is 35.4 Å². The van der Waals surface area contributed by atoms with Gasteiger partial charge in [-0.2, -0.15) is 10.5 Å². The molecule has 0 spiro atoms. The molecule has 1 aromatic heterocycles. The summed E-state index contributed by atoms with van der Waals surface area (Å²) in [5.74, 6) is -0.343. The molecule has 0 bridgehead atoms. The van der Waals surface area contributed by atoms with E-state index in [1.807, 2.05) is 47.1 Å². The highest BCUT2D eigenvalue weighted by atomic mass is 32.2. The van der Waals surface area contributed by atoms with E-state index in [2.05, 4.69) is 12.1 Å². The second-order valence-corrected chi connectivity index (χ2v) is 9.14. The number of nitriles is 2. The number of amides is 1. The third-order valence-electron chi connectivity index (χ3n) is 5.88. The molecule has 35 heavy (non-hydrogen) atoms. The third kappa shape index (κ3) is 6.10. The van der Waals surface area contributed by atoms with Gasteiger partial charge in [0.2, 0.25) is 5.91 Å². The fraction of sp³-hybridized carbons (Fsp3) is 0.400. The zero-order valence-electron chi connectivity index (χ0n) is 19.9. The molecular weight excluding hydrogens is 464 g/mol. The Morgan fingerprint density at radius 2 is 1.86 bits per heavy atom. The number of nitrogens with two attached hydrogens (primary N) is 1. The lowest BCUT2D eigenvalue weighted by Crippen LogP contribution is -2.35. The average Bonchev–Trinajstić information content (AvgIpc) is 3.11. The molecular formula is C25H28N6O3S. The molecule has 2 N–H and O–H groups in total. The summed E-state index contributed by atoms with van der Waals surface area (Å²) in [4.78, 5) is 32.9. The molecule has 1 aliphatic rings. The lowest BCUT2D eigenvalue weighted by Gasteiger charge is -2.26. The van der Waals surface area contributed by atoms with Crippen LogP contribution in [0.3, 0.4) is 0 Å². The average molecular weight is 493 g/mol. The van der Waals surface area contributed by atoms with Gasteiger partial charge in [-0.25, -0.2) is 4.98 Å². The van der Waals surface area contributed by atoms with Gasteiger partial charge in [-0.1, -0.05) is 49.0 Å². The zero-order chi connectivity index (χ0) is 25.4. The van der Waals surface area contributed by atoms with Crippen LogP contribution in [0.4, 0.5) is 5.82 Å². The molecule has 1 aliphatic heterocycles. The molecule has 0 radical (unpaired) electrons. The molecule has 9 nitrogen and oxygen atoms in total. The van der Waals surface area contributed by atoms with Crippen molar-refractivity contribution in [2.75, 3.05) is 44.7 Å². The Balaban J connectivity index is 2.02. The number of methoxy groups -OCH3 is 1. The summed E-state index contributed by atoms with van der Waals surface area (Å²) >= 11 is 1.13. The highest BCUT2D eigenvalue weighted by Crippen LogP contribution is 2.39. The topological polar surface area (TPSA) is 136 Å². The summed E-state index contributed by atoms with van der Waals surface area (Å²) in [6.45, 7) is 4.59. The first-order chi connectivity index (χ1) is 16.9. The van der Waals surface area contributed by atoms with Crippen LogP contribution in [0.1, 0.15) is 40.8 Å².